The first-order chi connectivity index (χ1) is 14.8. The van der Waals surface area contributed by atoms with E-state index in [9.17, 15) is 0 Å². The third-order valence-electron chi connectivity index (χ3n) is 5.24. The quantitative estimate of drug-likeness (QED) is 0.226. The van der Waals surface area contributed by atoms with E-state index in [0.29, 0.717) is 0 Å². The second-order valence-corrected chi connectivity index (χ2v) is 7.93. The second-order valence-electron chi connectivity index (χ2n) is 7.93. The van der Waals surface area contributed by atoms with E-state index >= 15 is 0 Å². The van der Waals surface area contributed by atoms with Crippen LogP contribution in [0.5, 0.6) is 5.75 Å². The van der Waals surface area contributed by atoms with Gasteiger partial charge in [0.2, 0.25) is 0 Å². The van der Waals surface area contributed by atoms with Crippen LogP contribution in [0.4, 0.5) is 11.4 Å². The van der Waals surface area contributed by atoms with Crippen LogP contribution in [0.25, 0.3) is 0 Å². The molecule has 0 aromatic heterocycles. The van der Waals surface area contributed by atoms with Crippen LogP contribution in [-0.4, -0.2) is 13.2 Å². The Kier molecular flexibility index (Phi) is 12.5. The van der Waals surface area contributed by atoms with Gasteiger partial charge in [-0.25, -0.2) is 0 Å². The van der Waals surface area contributed by atoms with Gasteiger partial charge in [0, 0.05) is 0 Å². The summed E-state index contributed by atoms with van der Waals surface area (Å²) in [7, 11) is 0. The summed E-state index contributed by atoms with van der Waals surface area (Å²) in [6.07, 6.45) is 13.6. The maximum Gasteiger partial charge on any atom is 0.119 e. The molecule has 2 aromatic rings. The van der Waals surface area contributed by atoms with E-state index in [1.54, 1.807) is 0 Å². The smallest absolute Gasteiger partial charge is 0.119 e. The molecule has 4 heteroatoms. The minimum absolute atomic E-state index is 0.776. The highest BCUT2D eigenvalue weighted by atomic mass is 16.5. The summed E-state index contributed by atoms with van der Waals surface area (Å²) in [6.45, 7) is 3.82. The minimum atomic E-state index is 0.776. The molecule has 2 N–H and O–H groups in total. The number of nitrogens with zero attached hydrogens (tertiary/aromatic N) is 2. The number of aryl methyl sites for hydroxylation is 1. The zero-order valence-electron chi connectivity index (χ0n) is 18.7. The zero-order chi connectivity index (χ0) is 21.3. The molecule has 0 heterocycles. The minimum Gasteiger partial charge on any atom is -0.494 e. The number of hydrogen-bond donors (Lipinski definition) is 1. The van der Waals surface area contributed by atoms with Crippen LogP contribution >= 0.6 is 0 Å². The van der Waals surface area contributed by atoms with Gasteiger partial charge in [-0.3, -0.25) is 0 Å². The van der Waals surface area contributed by atoms with Gasteiger partial charge >= 0.3 is 0 Å². The maximum atomic E-state index is 5.84. The highest BCUT2D eigenvalue weighted by Crippen LogP contribution is 2.22. The number of hydrogen-bond acceptors (Lipinski definition) is 4. The molecule has 0 saturated heterocycles. The van der Waals surface area contributed by atoms with Gasteiger partial charge in [0.25, 0.3) is 0 Å². The lowest BCUT2D eigenvalue weighted by atomic mass is 10.1. The predicted molar refractivity (Wildman–Crippen MR) is 127 cm³/mol. The summed E-state index contributed by atoms with van der Waals surface area (Å²) in [5, 5.41) is 8.66. The fourth-order valence-corrected chi connectivity index (χ4v) is 3.33. The van der Waals surface area contributed by atoms with Crippen molar-refractivity contribution >= 4 is 11.4 Å². The van der Waals surface area contributed by atoms with Crippen LogP contribution in [0.3, 0.4) is 0 Å². The first kappa shape index (κ1) is 24.1. The Morgan fingerprint density at radius 1 is 0.667 bits per heavy atom. The summed E-state index contributed by atoms with van der Waals surface area (Å²) >= 11 is 0. The standard InChI is InChI=1S/C26H39N3O/c1-2-3-12-23-13-15-24(16-14-23)28-29-25-17-19-26(20-18-25)30-22-11-9-7-5-4-6-8-10-21-27/h13-20H,2-12,21-22,27H2,1H3. The Morgan fingerprint density at radius 2 is 1.20 bits per heavy atom. The molecule has 164 valence electrons. The molecule has 0 aliphatic rings. The number of nitrogens with two attached hydrogens (primary N) is 1. The third-order valence-corrected chi connectivity index (χ3v) is 5.24. The molecule has 0 fully saturated rings. The van der Waals surface area contributed by atoms with E-state index in [2.05, 4.69) is 29.3 Å². The second kappa shape index (κ2) is 15.6. The van der Waals surface area contributed by atoms with Crippen molar-refractivity contribution in [3.05, 3.63) is 54.1 Å². The van der Waals surface area contributed by atoms with Crippen molar-refractivity contribution in [1.29, 1.82) is 0 Å². The molecule has 0 saturated carbocycles. The normalized spacial score (nSPS) is 11.3. The summed E-state index contributed by atoms with van der Waals surface area (Å²) < 4.78 is 5.84. The molecule has 0 unspecified atom stereocenters. The molecule has 0 radical (unpaired) electrons. The SMILES string of the molecule is CCCCc1ccc(N=Nc2ccc(OCCCCCCCCCCN)cc2)cc1. The highest BCUT2D eigenvalue weighted by Gasteiger charge is 1.97. The maximum absolute atomic E-state index is 5.84. The monoisotopic (exact) mass is 409 g/mol. The number of azo groups is 1. The fraction of sp³-hybridized carbons (Fsp3) is 0.538. The lowest BCUT2D eigenvalue weighted by Crippen LogP contribution is -1.98. The van der Waals surface area contributed by atoms with Gasteiger partial charge in [-0.2, -0.15) is 10.2 Å². The Bertz CT molecular complexity index is 695. The van der Waals surface area contributed by atoms with Crippen LogP contribution in [0.15, 0.2) is 58.8 Å². The molecule has 2 rings (SSSR count). The van der Waals surface area contributed by atoms with Crippen LogP contribution < -0.4 is 10.5 Å². The molecule has 0 aliphatic carbocycles. The van der Waals surface area contributed by atoms with E-state index in [1.807, 2.05) is 36.4 Å². The number of unbranched alkanes of at least 4 members (excludes halogenated alkanes) is 8. The van der Waals surface area contributed by atoms with E-state index in [1.165, 1.54) is 63.4 Å². The van der Waals surface area contributed by atoms with Gasteiger partial charge in [-0.15, -0.1) is 0 Å². The van der Waals surface area contributed by atoms with E-state index in [-0.39, 0.29) is 0 Å². The fourth-order valence-electron chi connectivity index (χ4n) is 3.33. The van der Waals surface area contributed by atoms with Gasteiger partial charge in [-0.1, -0.05) is 64.0 Å². The molecule has 0 spiro atoms. The van der Waals surface area contributed by atoms with E-state index < -0.39 is 0 Å². The Hall–Kier alpha value is -2.20. The van der Waals surface area contributed by atoms with Crippen molar-refractivity contribution in [2.24, 2.45) is 16.0 Å². The summed E-state index contributed by atoms with van der Waals surface area (Å²) in [4.78, 5) is 0. The van der Waals surface area contributed by atoms with Gasteiger partial charge in [0.05, 0.1) is 18.0 Å². The molecular formula is C26H39N3O. The topological polar surface area (TPSA) is 60.0 Å². The van der Waals surface area contributed by atoms with Crippen LogP contribution in [0.1, 0.15) is 76.7 Å². The molecule has 4 nitrogen and oxygen atoms in total. The van der Waals surface area contributed by atoms with Crippen molar-refractivity contribution in [2.45, 2.75) is 77.6 Å². The van der Waals surface area contributed by atoms with Gasteiger partial charge < -0.3 is 10.5 Å². The van der Waals surface area contributed by atoms with Crippen molar-refractivity contribution in [1.82, 2.24) is 0 Å². The molecular weight excluding hydrogens is 370 g/mol. The van der Waals surface area contributed by atoms with Crippen molar-refractivity contribution in [3.8, 4) is 5.75 Å². The Balaban J connectivity index is 1.61. The van der Waals surface area contributed by atoms with Crippen LogP contribution in [0, 0.1) is 0 Å². The van der Waals surface area contributed by atoms with Gasteiger partial charge in [0.15, 0.2) is 0 Å². The molecule has 0 amide bonds. The predicted octanol–water partition coefficient (Wildman–Crippen LogP) is 7.90. The van der Waals surface area contributed by atoms with Crippen LogP contribution in [-0.2, 0) is 6.42 Å². The third kappa shape index (κ3) is 10.5. The summed E-state index contributed by atoms with van der Waals surface area (Å²) in [5.41, 5.74) is 8.60. The number of benzene rings is 2. The first-order valence-electron chi connectivity index (χ1n) is 11.8. The molecule has 30 heavy (non-hydrogen) atoms. The summed E-state index contributed by atoms with van der Waals surface area (Å²) in [6, 6.07) is 16.2. The Labute approximate surface area is 182 Å². The average molecular weight is 410 g/mol. The van der Waals surface area contributed by atoms with E-state index in [0.717, 1.165) is 43.1 Å². The lowest BCUT2D eigenvalue weighted by molar-refractivity contribution is 0.304. The van der Waals surface area contributed by atoms with Crippen molar-refractivity contribution < 1.29 is 4.74 Å². The summed E-state index contributed by atoms with van der Waals surface area (Å²) in [5.74, 6) is 0.899. The molecule has 0 bridgehead atoms. The van der Waals surface area contributed by atoms with E-state index in [4.69, 9.17) is 10.5 Å². The zero-order valence-corrected chi connectivity index (χ0v) is 18.7. The van der Waals surface area contributed by atoms with Crippen LogP contribution in [0.2, 0.25) is 0 Å². The number of ether oxygens (including phenoxy) is 1. The molecule has 0 atom stereocenters. The van der Waals surface area contributed by atoms with Crippen molar-refractivity contribution in [2.75, 3.05) is 13.2 Å². The number of rotatable bonds is 16. The highest BCUT2D eigenvalue weighted by molar-refractivity contribution is 5.43. The Morgan fingerprint density at radius 3 is 1.77 bits per heavy atom. The largest absolute Gasteiger partial charge is 0.494 e. The molecule has 0 aliphatic heterocycles. The van der Waals surface area contributed by atoms with Crippen molar-refractivity contribution in [3.63, 3.8) is 0 Å². The van der Waals surface area contributed by atoms with Gasteiger partial charge in [-0.05, 0) is 74.2 Å². The average Bonchev–Trinajstić information content (AvgIpc) is 2.79. The molecule has 2 aromatic carbocycles. The first-order valence-corrected chi connectivity index (χ1v) is 11.8. The lowest BCUT2D eigenvalue weighted by Gasteiger charge is -2.06. The van der Waals surface area contributed by atoms with Gasteiger partial charge in [0.1, 0.15) is 5.75 Å².